The smallest absolute Gasteiger partial charge is 0.278 e. The molecule has 0 bridgehead atoms. The van der Waals surface area contributed by atoms with Gasteiger partial charge in [-0.05, 0) is 12.1 Å². The molecule has 0 radical (unpaired) electrons. The summed E-state index contributed by atoms with van der Waals surface area (Å²) in [6.45, 7) is 0. The summed E-state index contributed by atoms with van der Waals surface area (Å²) in [5.74, 6) is 0.898. The standard InChI is InChI=1S/C11H11N3O2.ClH/c1-12-9-10(15)13-7-14-11(9)16-8-5-3-2-4-6-8;/h2-7,12H,1H3,(H,13,14,15);1H. The van der Waals surface area contributed by atoms with E-state index in [1.165, 1.54) is 6.33 Å². The van der Waals surface area contributed by atoms with E-state index in [0.717, 1.165) is 0 Å². The summed E-state index contributed by atoms with van der Waals surface area (Å²) in [4.78, 5) is 17.9. The molecule has 5 nitrogen and oxygen atoms in total. The van der Waals surface area contributed by atoms with Crippen molar-refractivity contribution in [1.82, 2.24) is 9.97 Å². The lowest BCUT2D eigenvalue weighted by Gasteiger charge is -2.07. The van der Waals surface area contributed by atoms with Crippen LogP contribution in [0.1, 0.15) is 0 Å². The molecule has 0 aliphatic rings. The zero-order valence-electron chi connectivity index (χ0n) is 9.14. The molecule has 0 saturated heterocycles. The Kier molecular flexibility index (Phi) is 4.54. The van der Waals surface area contributed by atoms with Gasteiger partial charge in [-0.3, -0.25) is 4.79 Å². The van der Waals surface area contributed by atoms with Crippen molar-refractivity contribution in [3.8, 4) is 11.6 Å². The second kappa shape index (κ2) is 5.91. The lowest BCUT2D eigenvalue weighted by molar-refractivity contribution is 0.463. The minimum absolute atomic E-state index is 0. The van der Waals surface area contributed by atoms with Crippen molar-refractivity contribution in [1.29, 1.82) is 0 Å². The maximum absolute atomic E-state index is 11.4. The molecular formula is C11H12ClN3O2. The predicted octanol–water partition coefficient (Wildman–Crippen LogP) is 2.03. The van der Waals surface area contributed by atoms with Crippen LogP contribution in [0, 0.1) is 0 Å². The molecule has 1 heterocycles. The number of hydrogen-bond donors (Lipinski definition) is 2. The number of rotatable bonds is 3. The van der Waals surface area contributed by atoms with Gasteiger partial charge in [-0.2, -0.15) is 0 Å². The molecule has 0 atom stereocenters. The molecule has 1 aromatic carbocycles. The van der Waals surface area contributed by atoms with E-state index in [2.05, 4.69) is 15.3 Å². The van der Waals surface area contributed by atoms with Gasteiger partial charge in [0.2, 0.25) is 5.88 Å². The molecule has 0 aliphatic carbocycles. The van der Waals surface area contributed by atoms with E-state index in [9.17, 15) is 4.79 Å². The van der Waals surface area contributed by atoms with Crippen LogP contribution < -0.4 is 15.6 Å². The van der Waals surface area contributed by atoms with Gasteiger partial charge in [-0.25, -0.2) is 4.98 Å². The number of aromatic amines is 1. The highest BCUT2D eigenvalue weighted by molar-refractivity contribution is 5.85. The molecule has 0 unspecified atom stereocenters. The van der Waals surface area contributed by atoms with Crippen LogP contribution in [-0.4, -0.2) is 17.0 Å². The third kappa shape index (κ3) is 2.98. The largest absolute Gasteiger partial charge is 0.437 e. The first-order chi connectivity index (χ1) is 7.81. The minimum atomic E-state index is -0.261. The van der Waals surface area contributed by atoms with Crippen LogP contribution in [-0.2, 0) is 0 Å². The third-order valence-electron chi connectivity index (χ3n) is 2.03. The normalized spacial score (nSPS) is 9.24. The summed E-state index contributed by atoms with van der Waals surface area (Å²) in [6.07, 6.45) is 1.31. The molecule has 17 heavy (non-hydrogen) atoms. The van der Waals surface area contributed by atoms with Gasteiger partial charge < -0.3 is 15.0 Å². The number of halogens is 1. The fourth-order valence-corrected chi connectivity index (χ4v) is 1.28. The van der Waals surface area contributed by atoms with E-state index in [-0.39, 0.29) is 23.8 Å². The molecule has 2 aromatic rings. The Morgan fingerprint density at radius 1 is 1.29 bits per heavy atom. The number of hydrogen-bond acceptors (Lipinski definition) is 4. The lowest BCUT2D eigenvalue weighted by atomic mass is 10.3. The topological polar surface area (TPSA) is 67.0 Å². The Bertz CT molecular complexity index is 528. The second-order valence-corrected chi connectivity index (χ2v) is 3.08. The number of para-hydroxylation sites is 1. The molecule has 90 valence electrons. The first kappa shape index (κ1) is 13.1. The van der Waals surface area contributed by atoms with Gasteiger partial charge in [0.05, 0.1) is 6.33 Å². The van der Waals surface area contributed by atoms with Gasteiger partial charge in [0, 0.05) is 7.05 Å². The summed E-state index contributed by atoms with van der Waals surface area (Å²) in [5.41, 5.74) is 0.0507. The number of nitrogens with zero attached hydrogens (tertiary/aromatic N) is 1. The Morgan fingerprint density at radius 3 is 2.65 bits per heavy atom. The summed E-state index contributed by atoms with van der Waals surface area (Å²) >= 11 is 0. The molecule has 2 rings (SSSR count). The fourth-order valence-electron chi connectivity index (χ4n) is 1.28. The van der Waals surface area contributed by atoms with E-state index in [1.807, 2.05) is 18.2 Å². The van der Waals surface area contributed by atoms with Crippen LogP contribution in [0.4, 0.5) is 5.69 Å². The molecule has 2 N–H and O–H groups in total. The van der Waals surface area contributed by atoms with E-state index in [1.54, 1.807) is 19.2 Å². The van der Waals surface area contributed by atoms with E-state index < -0.39 is 0 Å². The summed E-state index contributed by atoms with van der Waals surface area (Å²) in [5, 5.41) is 2.75. The average molecular weight is 254 g/mol. The van der Waals surface area contributed by atoms with Gasteiger partial charge in [0.1, 0.15) is 5.75 Å². The highest BCUT2D eigenvalue weighted by Crippen LogP contribution is 2.22. The SMILES string of the molecule is CNc1c(Oc2ccccc2)nc[nH]c1=O.Cl. The van der Waals surface area contributed by atoms with E-state index in [4.69, 9.17) is 4.74 Å². The van der Waals surface area contributed by atoms with Gasteiger partial charge >= 0.3 is 0 Å². The maximum Gasteiger partial charge on any atom is 0.278 e. The van der Waals surface area contributed by atoms with Crippen molar-refractivity contribution in [2.75, 3.05) is 12.4 Å². The summed E-state index contributed by atoms with van der Waals surface area (Å²) < 4.78 is 5.49. The second-order valence-electron chi connectivity index (χ2n) is 3.08. The Balaban J connectivity index is 0.00000144. The van der Waals surface area contributed by atoms with Crippen molar-refractivity contribution in [2.45, 2.75) is 0 Å². The van der Waals surface area contributed by atoms with Crippen molar-refractivity contribution in [2.24, 2.45) is 0 Å². The molecule has 0 amide bonds. The summed E-state index contributed by atoms with van der Waals surface area (Å²) in [7, 11) is 1.64. The molecule has 6 heteroatoms. The Labute approximate surface area is 104 Å². The van der Waals surface area contributed by atoms with E-state index >= 15 is 0 Å². The van der Waals surface area contributed by atoms with Gasteiger partial charge in [0.15, 0.2) is 5.69 Å². The molecule has 1 aromatic heterocycles. The van der Waals surface area contributed by atoms with Crippen LogP contribution >= 0.6 is 12.4 Å². The molecule has 0 spiro atoms. The summed E-state index contributed by atoms with van der Waals surface area (Å²) in [6, 6.07) is 9.17. The van der Waals surface area contributed by atoms with Crippen molar-refractivity contribution < 1.29 is 4.74 Å². The van der Waals surface area contributed by atoms with Crippen molar-refractivity contribution in [3.05, 3.63) is 47.0 Å². The molecule has 0 saturated carbocycles. The molecular weight excluding hydrogens is 242 g/mol. The van der Waals surface area contributed by atoms with Gasteiger partial charge in [0.25, 0.3) is 5.56 Å². The van der Waals surface area contributed by atoms with Crippen LogP contribution in [0.2, 0.25) is 0 Å². The number of H-pyrrole nitrogens is 1. The van der Waals surface area contributed by atoms with Gasteiger partial charge in [-0.1, -0.05) is 18.2 Å². The van der Waals surface area contributed by atoms with Crippen molar-refractivity contribution >= 4 is 18.1 Å². The zero-order chi connectivity index (χ0) is 11.4. The van der Waals surface area contributed by atoms with Crippen LogP contribution in [0.25, 0.3) is 0 Å². The quantitative estimate of drug-likeness (QED) is 0.878. The third-order valence-corrected chi connectivity index (χ3v) is 2.03. The average Bonchev–Trinajstić information content (AvgIpc) is 2.31. The monoisotopic (exact) mass is 253 g/mol. The molecule has 0 aliphatic heterocycles. The Morgan fingerprint density at radius 2 is 2.00 bits per heavy atom. The fraction of sp³-hybridized carbons (Fsp3) is 0.0909. The minimum Gasteiger partial charge on any atom is -0.437 e. The number of nitrogens with one attached hydrogen (secondary N) is 2. The first-order valence-corrected chi connectivity index (χ1v) is 4.79. The van der Waals surface area contributed by atoms with E-state index in [0.29, 0.717) is 11.4 Å². The van der Waals surface area contributed by atoms with Crippen LogP contribution in [0.15, 0.2) is 41.5 Å². The lowest BCUT2D eigenvalue weighted by Crippen LogP contribution is -2.13. The first-order valence-electron chi connectivity index (χ1n) is 4.79. The zero-order valence-corrected chi connectivity index (χ0v) is 9.95. The molecule has 0 fully saturated rings. The number of anilines is 1. The highest BCUT2D eigenvalue weighted by atomic mass is 35.5. The van der Waals surface area contributed by atoms with Gasteiger partial charge in [-0.15, -0.1) is 12.4 Å². The number of benzene rings is 1. The Hall–Kier alpha value is -2.01. The van der Waals surface area contributed by atoms with Crippen LogP contribution in [0.3, 0.4) is 0 Å². The highest BCUT2D eigenvalue weighted by Gasteiger charge is 2.08. The maximum atomic E-state index is 11.4. The predicted molar refractivity (Wildman–Crippen MR) is 68.2 cm³/mol. The van der Waals surface area contributed by atoms with Crippen molar-refractivity contribution in [3.63, 3.8) is 0 Å². The number of ether oxygens (including phenoxy) is 1. The number of aromatic nitrogens is 2. The van der Waals surface area contributed by atoms with Crippen LogP contribution in [0.5, 0.6) is 11.6 Å².